The normalized spacial score (nSPS) is 14.1. The minimum Gasteiger partial charge on any atom is -0.292 e. The molecule has 0 bridgehead atoms. The van der Waals surface area contributed by atoms with Gasteiger partial charge in [-0.15, -0.1) is 0 Å². The Kier molecular flexibility index (Phi) is 3.44. The Morgan fingerprint density at radius 1 is 1.35 bits per heavy atom. The zero-order chi connectivity index (χ0) is 14.1. The van der Waals surface area contributed by atoms with Gasteiger partial charge in [0.1, 0.15) is 12.4 Å². The van der Waals surface area contributed by atoms with Crippen molar-refractivity contribution in [1.29, 1.82) is 0 Å². The fourth-order valence-electron chi connectivity index (χ4n) is 2.44. The van der Waals surface area contributed by atoms with Gasteiger partial charge in [0.2, 0.25) is 0 Å². The van der Waals surface area contributed by atoms with Crippen molar-refractivity contribution in [1.82, 2.24) is 14.3 Å². The summed E-state index contributed by atoms with van der Waals surface area (Å²) in [6.07, 6.45) is 2.83. The van der Waals surface area contributed by atoms with E-state index >= 15 is 0 Å². The predicted molar refractivity (Wildman–Crippen MR) is 75.2 cm³/mol. The molecule has 5 nitrogen and oxygen atoms in total. The molecule has 0 fully saturated rings. The van der Waals surface area contributed by atoms with Gasteiger partial charge in [0.05, 0.1) is 0 Å². The molecule has 3 rings (SSSR count). The Morgan fingerprint density at radius 3 is 2.95 bits per heavy atom. The van der Waals surface area contributed by atoms with E-state index in [0.717, 1.165) is 25.1 Å². The largest absolute Gasteiger partial charge is 0.346 e. The van der Waals surface area contributed by atoms with E-state index in [1.54, 1.807) is 28.8 Å². The smallest absolute Gasteiger partial charge is 0.292 e. The highest BCUT2D eigenvalue weighted by atomic mass is 35.5. The number of carbonyl (C=O) groups is 1. The van der Waals surface area contributed by atoms with Gasteiger partial charge < -0.3 is 0 Å². The first-order valence-corrected chi connectivity index (χ1v) is 6.98. The van der Waals surface area contributed by atoms with E-state index in [1.165, 1.54) is 4.68 Å². The van der Waals surface area contributed by atoms with Gasteiger partial charge in [0, 0.05) is 23.6 Å². The number of Topliss-reactive ketones (excluding diaryl/α,β-unsaturated/α-hetero) is 1. The van der Waals surface area contributed by atoms with Crippen molar-refractivity contribution >= 4 is 17.4 Å². The summed E-state index contributed by atoms with van der Waals surface area (Å²) in [5.74, 6) is 0.616. The Hall–Kier alpha value is -1.88. The highest BCUT2D eigenvalue weighted by Gasteiger charge is 2.18. The summed E-state index contributed by atoms with van der Waals surface area (Å²) in [6, 6.07) is 6.72. The molecule has 0 N–H and O–H groups in total. The molecule has 1 aliphatic heterocycles. The van der Waals surface area contributed by atoms with Gasteiger partial charge in [-0.2, -0.15) is 5.10 Å². The maximum Gasteiger partial charge on any atom is 0.346 e. The van der Waals surface area contributed by atoms with Crippen molar-refractivity contribution in [2.24, 2.45) is 0 Å². The number of rotatable bonds is 3. The molecule has 0 amide bonds. The second-order valence-electron chi connectivity index (χ2n) is 4.90. The Balaban J connectivity index is 1.86. The van der Waals surface area contributed by atoms with E-state index in [-0.39, 0.29) is 18.0 Å². The Labute approximate surface area is 120 Å². The van der Waals surface area contributed by atoms with Crippen LogP contribution in [0.3, 0.4) is 0 Å². The first-order valence-electron chi connectivity index (χ1n) is 6.60. The average molecular weight is 292 g/mol. The van der Waals surface area contributed by atoms with E-state index in [4.69, 9.17) is 11.6 Å². The minimum atomic E-state index is -0.199. The average Bonchev–Trinajstić information content (AvgIpc) is 2.76. The van der Waals surface area contributed by atoms with Crippen LogP contribution in [0.5, 0.6) is 0 Å². The number of benzene rings is 1. The van der Waals surface area contributed by atoms with Crippen LogP contribution in [-0.2, 0) is 19.5 Å². The molecule has 0 unspecified atom stereocenters. The summed E-state index contributed by atoms with van der Waals surface area (Å²) < 4.78 is 2.92. The zero-order valence-electron chi connectivity index (χ0n) is 10.9. The quantitative estimate of drug-likeness (QED) is 0.812. The SMILES string of the molecule is O=C(Cn1nc2n(c1=O)CCCC2)c1cccc(Cl)c1. The van der Waals surface area contributed by atoms with Crippen LogP contribution >= 0.6 is 11.6 Å². The molecule has 104 valence electrons. The van der Waals surface area contributed by atoms with Crippen LogP contribution in [0.15, 0.2) is 29.1 Å². The van der Waals surface area contributed by atoms with Crippen LogP contribution in [-0.4, -0.2) is 20.1 Å². The maximum absolute atomic E-state index is 12.2. The molecule has 2 heterocycles. The standard InChI is InChI=1S/C14H14ClN3O2/c15-11-5-3-4-10(8-11)12(19)9-18-14(20)17-7-2-1-6-13(17)16-18/h3-5,8H,1-2,6-7,9H2. The lowest BCUT2D eigenvalue weighted by Gasteiger charge is -2.09. The summed E-state index contributed by atoms with van der Waals surface area (Å²) in [5, 5.41) is 4.76. The number of halogens is 1. The van der Waals surface area contributed by atoms with E-state index < -0.39 is 0 Å². The first-order chi connectivity index (χ1) is 9.65. The summed E-state index contributed by atoms with van der Waals surface area (Å²) in [5.41, 5.74) is 0.297. The minimum absolute atomic E-state index is 0.0425. The van der Waals surface area contributed by atoms with E-state index in [0.29, 0.717) is 17.1 Å². The third kappa shape index (κ3) is 2.41. The number of hydrogen-bond donors (Lipinski definition) is 0. The molecule has 0 aliphatic carbocycles. The van der Waals surface area contributed by atoms with Crippen LogP contribution in [0.2, 0.25) is 5.02 Å². The van der Waals surface area contributed by atoms with Crippen molar-refractivity contribution in [3.05, 3.63) is 51.2 Å². The predicted octanol–water partition coefficient (Wildman–Crippen LogP) is 1.92. The highest BCUT2D eigenvalue weighted by Crippen LogP contribution is 2.12. The van der Waals surface area contributed by atoms with Crippen LogP contribution in [0, 0.1) is 0 Å². The van der Waals surface area contributed by atoms with Crippen LogP contribution in [0.1, 0.15) is 29.0 Å². The number of aromatic nitrogens is 3. The lowest BCUT2D eigenvalue weighted by molar-refractivity contribution is 0.0966. The third-order valence-electron chi connectivity index (χ3n) is 3.47. The maximum atomic E-state index is 12.2. The van der Waals surface area contributed by atoms with Gasteiger partial charge in [0.25, 0.3) is 0 Å². The number of ketones is 1. The van der Waals surface area contributed by atoms with Crippen molar-refractivity contribution in [2.45, 2.75) is 32.4 Å². The topological polar surface area (TPSA) is 56.9 Å². The Morgan fingerprint density at radius 2 is 2.20 bits per heavy atom. The summed E-state index contributed by atoms with van der Waals surface area (Å²) in [7, 11) is 0. The molecule has 20 heavy (non-hydrogen) atoms. The van der Waals surface area contributed by atoms with Crippen molar-refractivity contribution in [3.8, 4) is 0 Å². The van der Waals surface area contributed by atoms with Gasteiger partial charge in [-0.1, -0.05) is 23.7 Å². The van der Waals surface area contributed by atoms with Crippen LogP contribution in [0.4, 0.5) is 0 Å². The molecule has 0 saturated carbocycles. The van der Waals surface area contributed by atoms with Crippen molar-refractivity contribution < 1.29 is 4.79 Å². The molecule has 1 aromatic heterocycles. The summed E-state index contributed by atoms with van der Waals surface area (Å²) in [6.45, 7) is 0.651. The number of aryl methyl sites for hydroxylation is 1. The molecular weight excluding hydrogens is 278 g/mol. The first kappa shape index (κ1) is 13.1. The van der Waals surface area contributed by atoms with E-state index in [1.807, 2.05) is 0 Å². The molecule has 6 heteroatoms. The lowest BCUT2D eigenvalue weighted by Crippen LogP contribution is -2.29. The highest BCUT2D eigenvalue weighted by molar-refractivity contribution is 6.31. The molecule has 1 aliphatic rings. The number of fused-ring (bicyclic) bond motifs is 1. The number of nitrogens with zero attached hydrogens (tertiary/aromatic N) is 3. The molecule has 1 aromatic carbocycles. The summed E-state index contributed by atoms with van der Waals surface area (Å²) in [4.78, 5) is 24.3. The molecule has 0 saturated heterocycles. The van der Waals surface area contributed by atoms with Gasteiger partial charge >= 0.3 is 5.69 Å². The lowest BCUT2D eigenvalue weighted by atomic mass is 10.1. The van der Waals surface area contributed by atoms with E-state index in [9.17, 15) is 9.59 Å². The number of hydrogen-bond acceptors (Lipinski definition) is 3. The third-order valence-corrected chi connectivity index (χ3v) is 3.71. The second kappa shape index (κ2) is 5.25. The van der Waals surface area contributed by atoms with Crippen LogP contribution in [0.25, 0.3) is 0 Å². The molecule has 0 radical (unpaired) electrons. The van der Waals surface area contributed by atoms with Gasteiger partial charge in [-0.25, -0.2) is 9.48 Å². The Bertz CT molecular complexity index is 717. The van der Waals surface area contributed by atoms with Crippen molar-refractivity contribution in [3.63, 3.8) is 0 Å². The zero-order valence-corrected chi connectivity index (χ0v) is 11.6. The van der Waals surface area contributed by atoms with Crippen LogP contribution < -0.4 is 5.69 Å². The van der Waals surface area contributed by atoms with Gasteiger partial charge in [-0.3, -0.25) is 9.36 Å². The molecule has 0 spiro atoms. The van der Waals surface area contributed by atoms with E-state index in [2.05, 4.69) is 5.10 Å². The van der Waals surface area contributed by atoms with Gasteiger partial charge in [0.15, 0.2) is 5.78 Å². The van der Waals surface area contributed by atoms with Crippen molar-refractivity contribution in [2.75, 3.05) is 0 Å². The fourth-order valence-corrected chi connectivity index (χ4v) is 2.63. The number of carbonyl (C=O) groups excluding carboxylic acids is 1. The fraction of sp³-hybridized carbons (Fsp3) is 0.357. The second-order valence-corrected chi connectivity index (χ2v) is 5.34. The monoisotopic (exact) mass is 291 g/mol. The molecule has 0 atom stereocenters. The molecule has 2 aromatic rings. The molecular formula is C14H14ClN3O2. The summed E-state index contributed by atoms with van der Waals surface area (Å²) >= 11 is 5.87. The van der Waals surface area contributed by atoms with Gasteiger partial charge in [-0.05, 0) is 25.0 Å².